The molecule has 1 atom stereocenters. The molecule has 80 valence electrons. The number of nitrogens with one attached hydrogen (secondary N) is 1. The van der Waals surface area contributed by atoms with Crippen LogP contribution in [-0.2, 0) is 0 Å². The van der Waals surface area contributed by atoms with Gasteiger partial charge in [-0.05, 0) is 26.0 Å². The van der Waals surface area contributed by atoms with Crippen molar-refractivity contribution in [2.24, 2.45) is 0 Å². The number of nitrogens with zero attached hydrogens (tertiary/aromatic N) is 2. The van der Waals surface area contributed by atoms with Gasteiger partial charge in [0, 0.05) is 12.6 Å². The SMILES string of the molecule is CC#CCCC(NCC)c1ccncn1. The van der Waals surface area contributed by atoms with Crippen LogP contribution in [-0.4, -0.2) is 16.5 Å². The van der Waals surface area contributed by atoms with E-state index in [0.717, 1.165) is 25.1 Å². The molecule has 0 aliphatic carbocycles. The Morgan fingerprint density at radius 2 is 2.40 bits per heavy atom. The van der Waals surface area contributed by atoms with Crippen LogP contribution >= 0.6 is 0 Å². The van der Waals surface area contributed by atoms with Crippen LogP contribution in [0.4, 0.5) is 0 Å². The van der Waals surface area contributed by atoms with E-state index < -0.39 is 0 Å². The number of aromatic nitrogens is 2. The maximum atomic E-state index is 4.25. The van der Waals surface area contributed by atoms with E-state index in [1.165, 1.54) is 0 Å². The zero-order valence-corrected chi connectivity index (χ0v) is 9.33. The van der Waals surface area contributed by atoms with Gasteiger partial charge < -0.3 is 5.32 Å². The second-order valence-electron chi connectivity index (χ2n) is 3.21. The summed E-state index contributed by atoms with van der Waals surface area (Å²) in [7, 11) is 0. The summed E-state index contributed by atoms with van der Waals surface area (Å²) in [5, 5.41) is 3.40. The van der Waals surface area contributed by atoms with Gasteiger partial charge in [0.1, 0.15) is 6.33 Å². The summed E-state index contributed by atoms with van der Waals surface area (Å²) < 4.78 is 0. The standard InChI is InChI=1S/C12H17N3/c1-3-5-6-7-11(14-4-2)12-8-9-13-10-15-12/h8-11,14H,4,6-7H2,1-2H3. The molecule has 1 aromatic rings. The fourth-order valence-corrected chi connectivity index (χ4v) is 1.45. The topological polar surface area (TPSA) is 37.8 Å². The Labute approximate surface area is 91.3 Å². The molecule has 3 heteroatoms. The number of rotatable bonds is 5. The van der Waals surface area contributed by atoms with E-state index in [2.05, 4.69) is 34.0 Å². The first-order valence-corrected chi connectivity index (χ1v) is 5.27. The lowest BCUT2D eigenvalue weighted by Crippen LogP contribution is -2.21. The molecule has 0 spiro atoms. The van der Waals surface area contributed by atoms with Gasteiger partial charge in [-0.25, -0.2) is 9.97 Å². The predicted octanol–water partition coefficient (Wildman–Crippen LogP) is 1.93. The molecule has 0 aromatic carbocycles. The zero-order valence-electron chi connectivity index (χ0n) is 9.33. The van der Waals surface area contributed by atoms with Crippen LogP contribution in [0.5, 0.6) is 0 Å². The quantitative estimate of drug-likeness (QED) is 0.743. The third-order valence-corrected chi connectivity index (χ3v) is 2.15. The van der Waals surface area contributed by atoms with Gasteiger partial charge in [0.05, 0.1) is 11.7 Å². The van der Waals surface area contributed by atoms with E-state index in [4.69, 9.17) is 0 Å². The lowest BCUT2D eigenvalue weighted by Gasteiger charge is -2.15. The van der Waals surface area contributed by atoms with Gasteiger partial charge in [0.25, 0.3) is 0 Å². The minimum atomic E-state index is 0.291. The summed E-state index contributed by atoms with van der Waals surface area (Å²) in [4.78, 5) is 8.17. The Bertz CT molecular complexity index is 324. The average Bonchev–Trinajstić information content (AvgIpc) is 2.29. The molecule has 0 aliphatic rings. The lowest BCUT2D eigenvalue weighted by molar-refractivity contribution is 0.509. The molecule has 1 aromatic heterocycles. The first kappa shape index (κ1) is 11.7. The van der Waals surface area contributed by atoms with Crippen molar-refractivity contribution in [2.75, 3.05) is 6.54 Å². The molecule has 1 N–H and O–H groups in total. The summed E-state index contributed by atoms with van der Waals surface area (Å²) in [5.41, 5.74) is 1.05. The smallest absolute Gasteiger partial charge is 0.115 e. The highest BCUT2D eigenvalue weighted by Gasteiger charge is 2.09. The fraction of sp³-hybridized carbons (Fsp3) is 0.500. The minimum absolute atomic E-state index is 0.291. The molecule has 0 bridgehead atoms. The molecule has 3 nitrogen and oxygen atoms in total. The monoisotopic (exact) mass is 203 g/mol. The molecule has 1 unspecified atom stereocenters. The molecule has 0 saturated heterocycles. The van der Waals surface area contributed by atoms with Gasteiger partial charge in [-0.2, -0.15) is 0 Å². The largest absolute Gasteiger partial charge is 0.309 e. The zero-order chi connectivity index (χ0) is 10.9. The van der Waals surface area contributed by atoms with Crippen molar-refractivity contribution < 1.29 is 0 Å². The molecule has 0 radical (unpaired) electrons. The van der Waals surface area contributed by atoms with Crippen LogP contribution in [0.15, 0.2) is 18.6 Å². The molecule has 1 heterocycles. The van der Waals surface area contributed by atoms with Crippen LogP contribution < -0.4 is 5.32 Å². The Balaban J connectivity index is 2.60. The van der Waals surface area contributed by atoms with Gasteiger partial charge in [0.15, 0.2) is 0 Å². The van der Waals surface area contributed by atoms with Crippen LogP contribution in [0.1, 0.15) is 38.4 Å². The molecule has 1 rings (SSSR count). The first-order chi connectivity index (χ1) is 7.38. The Morgan fingerprint density at radius 3 is 3.00 bits per heavy atom. The van der Waals surface area contributed by atoms with Crippen molar-refractivity contribution in [3.63, 3.8) is 0 Å². The molecular weight excluding hydrogens is 186 g/mol. The maximum absolute atomic E-state index is 4.25. The number of hydrogen-bond donors (Lipinski definition) is 1. The van der Waals surface area contributed by atoms with E-state index in [1.54, 1.807) is 12.5 Å². The second kappa shape index (κ2) is 6.97. The average molecular weight is 203 g/mol. The molecular formula is C12H17N3. The molecule has 0 saturated carbocycles. The summed E-state index contributed by atoms with van der Waals surface area (Å²) in [5.74, 6) is 5.98. The summed E-state index contributed by atoms with van der Waals surface area (Å²) >= 11 is 0. The molecule has 0 aliphatic heterocycles. The number of hydrogen-bond acceptors (Lipinski definition) is 3. The van der Waals surface area contributed by atoms with Crippen molar-refractivity contribution >= 4 is 0 Å². The van der Waals surface area contributed by atoms with Crippen molar-refractivity contribution in [3.05, 3.63) is 24.3 Å². The third kappa shape index (κ3) is 4.09. The highest BCUT2D eigenvalue weighted by Crippen LogP contribution is 2.14. The van der Waals surface area contributed by atoms with Gasteiger partial charge in [0.2, 0.25) is 0 Å². The van der Waals surface area contributed by atoms with Crippen molar-refractivity contribution in [1.82, 2.24) is 15.3 Å². The van der Waals surface area contributed by atoms with Crippen molar-refractivity contribution in [3.8, 4) is 11.8 Å². The maximum Gasteiger partial charge on any atom is 0.115 e. The third-order valence-electron chi connectivity index (χ3n) is 2.15. The Kier molecular flexibility index (Phi) is 5.42. The molecule has 15 heavy (non-hydrogen) atoms. The van der Waals surface area contributed by atoms with Gasteiger partial charge >= 0.3 is 0 Å². The van der Waals surface area contributed by atoms with E-state index in [-0.39, 0.29) is 0 Å². The minimum Gasteiger partial charge on any atom is -0.309 e. The van der Waals surface area contributed by atoms with Gasteiger partial charge in [-0.3, -0.25) is 0 Å². The summed E-state index contributed by atoms with van der Waals surface area (Å²) in [6.45, 7) is 4.90. The Morgan fingerprint density at radius 1 is 1.53 bits per heavy atom. The van der Waals surface area contributed by atoms with Crippen molar-refractivity contribution in [1.29, 1.82) is 0 Å². The lowest BCUT2D eigenvalue weighted by atomic mass is 10.1. The van der Waals surface area contributed by atoms with Crippen LogP contribution in [0.3, 0.4) is 0 Å². The first-order valence-electron chi connectivity index (χ1n) is 5.27. The Hall–Kier alpha value is -1.40. The normalized spacial score (nSPS) is 11.6. The summed E-state index contributed by atoms with van der Waals surface area (Å²) in [6.07, 6.45) is 5.26. The van der Waals surface area contributed by atoms with Crippen molar-refractivity contribution in [2.45, 2.75) is 32.7 Å². The van der Waals surface area contributed by atoms with Crippen LogP contribution in [0.25, 0.3) is 0 Å². The van der Waals surface area contributed by atoms with E-state index in [0.29, 0.717) is 6.04 Å². The highest BCUT2D eigenvalue weighted by atomic mass is 14.9. The van der Waals surface area contributed by atoms with E-state index in [1.807, 2.05) is 13.0 Å². The molecule has 0 fully saturated rings. The van der Waals surface area contributed by atoms with Gasteiger partial charge in [-0.1, -0.05) is 6.92 Å². The molecule has 0 amide bonds. The second-order valence-corrected chi connectivity index (χ2v) is 3.21. The summed E-state index contributed by atoms with van der Waals surface area (Å²) in [6, 6.07) is 2.24. The highest BCUT2D eigenvalue weighted by molar-refractivity contribution is 5.06. The van der Waals surface area contributed by atoms with Gasteiger partial charge in [-0.15, -0.1) is 11.8 Å². The van der Waals surface area contributed by atoms with E-state index >= 15 is 0 Å². The van der Waals surface area contributed by atoms with Crippen LogP contribution in [0, 0.1) is 11.8 Å². The fourth-order valence-electron chi connectivity index (χ4n) is 1.45. The van der Waals surface area contributed by atoms with E-state index in [9.17, 15) is 0 Å². The predicted molar refractivity (Wildman–Crippen MR) is 61.1 cm³/mol. The van der Waals surface area contributed by atoms with Crippen LogP contribution in [0.2, 0.25) is 0 Å².